The smallest absolute Gasteiger partial charge is 0.303 e. The van der Waals surface area contributed by atoms with Crippen molar-refractivity contribution < 1.29 is 22.8 Å². The van der Waals surface area contributed by atoms with Gasteiger partial charge in [0.05, 0.1) is 17.9 Å². The number of sulfonamides is 1. The van der Waals surface area contributed by atoms with Gasteiger partial charge in [0.25, 0.3) is 0 Å². The van der Waals surface area contributed by atoms with Crippen LogP contribution in [0.25, 0.3) is 0 Å². The molecule has 0 unspecified atom stereocenters. The third kappa shape index (κ3) is 3.89. The lowest BCUT2D eigenvalue weighted by Gasteiger charge is -2.14. The summed E-state index contributed by atoms with van der Waals surface area (Å²) in [6, 6.07) is 8.01. The highest BCUT2D eigenvalue weighted by Gasteiger charge is 2.22. The molecule has 1 aromatic heterocycles. The lowest BCUT2D eigenvalue weighted by molar-refractivity contribution is -0.137. The molecule has 9 heteroatoms. The van der Waals surface area contributed by atoms with Crippen molar-refractivity contribution in [2.75, 3.05) is 7.05 Å². The number of benzene rings is 1. The SMILES string of the molecule is CN(Cc1noc(CCC(=O)O)n1)S(=O)(=O)c1ccccc1. The van der Waals surface area contributed by atoms with E-state index in [1.807, 2.05) is 0 Å². The van der Waals surface area contributed by atoms with Crippen LogP contribution >= 0.6 is 0 Å². The fourth-order valence-electron chi connectivity index (χ4n) is 1.73. The molecule has 0 amide bonds. The van der Waals surface area contributed by atoms with Crippen molar-refractivity contribution in [3.63, 3.8) is 0 Å². The predicted molar refractivity (Wildman–Crippen MR) is 75.3 cm³/mol. The maximum atomic E-state index is 12.3. The number of hydrogen-bond acceptors (Lipinski definition) is 6. The van der Waals surface area contributed by atoms with Crippen molar-refractivity contribution in [3.8, 4) is 0 Å². The summed E-state index contributed by atoms with van der Waals surface area (Å²) >= 11 is 0. The third-order valence-electron chi connectivity index (χ3n) is 2.88. The van der Waals surface area contributed by atoms with Crippen molar-refractivity contribution in [3.05, 3.63) is 42.0 Å². The molecule has 2 aromatic rings. The topological polar surface area (TPSA) is 114 Å². The minimum absolute atomic E-state index is 0.0617. The number of hydrogen-bond donors (Lipinski definition) is 1. The Kier molecular flexibility index (Phi) is 4.88. The molecule has 0 atom stereocenters. The van der Waals surface area contributed by atoms with E-state index in [1.54, 1.807) is 18.2 Å². The minimum atomic E-state index is -3.64. The second-order valence-electron chi connectivity index (χ2n) is 4.57. The number of rotatable bonds is 7. The van der Waals surface area contributed by atoms with E-state index in [4.69, 9.17) is 9.63 Å². The molecule has 8 nitrogen and oxygen atoms in total. The van der Waals surface area contributed by atoms with E-state index in [1.165, 1.54) is 19.2 Å². The van der Waals surface area contributed by atoms with Crippen molar-refractivity contribution in [2.45, 2.75) is 24.3 Å². The summed E-state index contributed by atoms with van der Waals surface area (Å²) < 4.78 is 30.6. The zero-order valence-electron chi connectivity index (χ0n) is 11.8. The van der Waals surface area contributed by atoms with Gasteiger partial charge in [-0.05, 0) is 12.1 Å². The third-order valence-corrected chi connectivity index (χ3v) is 4.70. The van der Waals surface area contributed by atoms with Crippen LogP contribution in [0.1, 0.15) is 18.1 Å². The number of carbonyl (C=O) groups is 1. The second-order valence-corrected chi connectivity index (χ2v) is 6.62. The molecule has 1 heterocycles. The molecule has 0 aliphatic carbocycles. The minimum Gasteiger partial charge on any atom is -0.481 e. The zero-order valence-corrected chi connectivity index (χ0v) is 12.7. The number of carboxylic acids is 1. The first-order valence-corrected chi connectivity index (χ1v) is 7.88. The van der Waals surface area contributed by atoms with Gasteiger partial charge in [0.2, 0.25) is 15.9 Å². The van der Waals surface area contributed by atoms with Gasteiger partial charge in [-0.1, -0.05) is 23.4 Å². The van der Waals surface area contributed by atoms with E-state index in [-0.39, 0.29) is 36.0 Å². The van der Waals surface area contributed by atoms with Crippen LogP contribution < -0.4 is 0 Å². The summed E-state index contributed by atoms with van der Waals surface area (Å²) in [6.45, 7) is -0.0617. The van der Waals surface area contributed by atoms with Crippen LogP contribution in [0.4, 0.5) is 0 Å². The van der Waals surface area contributed by atoms with Crippen LogP contribution in [-0.2, 0) is 27.8 Å². The van der Waals surface area contributed by atoms with E-state index in [2.05, 4.69) is 10.1 Å². The van der Waals surface area contributed by atoms with Crippen molar-refractivity contribution in [1.29, 1.82) is 0 Å². The molecule has 0 radical (unpaired) electrons. The first kappa shape index (κ1) is 16.1. The Morgan fingerprint density at radius 2 is 2.00 bits per heavy atom. The van der Waals surface area contributed by atoms with Gasteiger partial charge in [-0.15, -0.1) is 0 Å². The lowest BCUT2D eigenvalue weighted by Crippen LogP contribution is -2.27. The van der Waals surface area contributed by atoms with E-state index >= 15 is 0 Å². The summed E-state index contributed by atoms with van der Waals surface area (Å²) in [7, 11) is -2.22. The highest BCUT2D eigenvalue weighted by atomic mass is 32.2. The molecule has 1 N–H and O–H groups in total. The Balaban J connectivity index is 2.06. The molecule has 22 heavy (non-hydrogen) atoms. The molecular weight excluding hydrogens is 310 g/mol. The molecule has 1 aromatic carbocycles. The number of aryl methyl sites for hydroxylation is 1. The van der Waals surface area contributed by atoms with Gasteiger partial charge in [-0.2, -0.15) is 9.29 Å². The maximum absolute atomic E-state index is 12.3. The van der Waals surface area contributed by atoms with Crippen LogP contribution in [0.5, 0.6) is 0 Å². The molecule has 0 fully saturated rings. The van der Waals surface area contributed by atoms with E-state index in [9.17, 15) is 13.2 Å². The summed E-state index contributed by atoms with van der Waals surface area (Å²) in [5.74, 6) is -0.617. The Labute approximate surface area is 127 Å². The zero-order chi connectivity index (χ0) is 16.2. The molecule has 0 saturated heterocycles. The van der Waals surface area contributed by atoms with Crippen LogP contribution in [0.15, 0.2) is 39.8 Å². The first-order valence-electron chi connectivity index (χ1n) is 6.44. The van der Waals surface area contributed by atoms with Crippen molar-refractivity contribution >= 4 is 16.0 Å². The molecule has 0 bridgehead atoms. The van der Waals surface area contributed by atoms with Gasteiger partial charge in [-0.3, -0.25) is 4.79 Å². The number of aromatic nitrogens is 2. The average molecular weight is 325 g/mol. The van der Waals surface area contributed by atoms with Gasteiger partial charge in [0.1, 0.15) is 0 Å². The standard InChI is InChI=1S/C13H15N3O5S/c1-16(22(19,20)10-5-3-2-4-6-10)9-11-14-12(21-15-11)7-8-13(17)18/h2-6H,7-9H2,1H3,(H,17,18). The van der Waals surface area contributed by atoms with Gasteiger partial charge < -0.3 is 9.63 Å². The average Bonchev–Trinajstić information content (AvgIpc) is 2.93. The Bertz CT molecular complexity index is 742. The maximum Gasteiger partial charge on any atom is 0.303 e. The van der Waals surface area contributed by atoms with Gasteiger partial charge >= 0.3 is 5.97 Å². The van der Waals surface area contributed by atoms with Crippen molar-refractivity contribution in [1.82, 2.24) is 14.4 Å². The fraction of sp³-hybridized carbons (Fsp3) is 0.308. The quantitative estimate of drug-likeness (QED) is 0.804. The molecule has 0 aliphatic heterocycles. The monoisotopic (exact) mass is 325 g/mol. The Morgan fingerprint density at radius 1 is 1.32 bits per heavy atom. The summed E-state index contributed by atoms with van der Waals surface area (Å²) in [5, 5.41) is 12.2. The molecule has 0 aliphatic rings. The van der Waals surface area contributed by atoms with Crippen LogP contribution in [-0.4, -0.2) is 41.0 Å². The second kappa shape index (κ2) is 6.67. The number of aliphatic carboxylic acids is 1. The first-order chi connectivity index (χ1) is 10.4. The molecule has 0 saturated carbocycles. The predicted octanol–water partition coefficient (Wildman–Crippen LogP) is 0.907. The molecule has 0 spiro atoms. The highest BCUT2D eigenvalue weighted by molar-refractivity contribution is 7.89. The van der Waals surface area contributed by atoms with E-state index in [0.29, 0.717) is 0 Å². The normalized spacial score (nSPS) is 11.7. The Hall–Kier alpha value is -2.26. The molecule has 2 rings (SSSR count). The lowest BCUT2D eigenvalue weighted by atomic mass is 10.3. The van der Waals surface area contributed by atoms with Crippen LogP contribution in [0.2, 0.25) is 0 Å². The largest absolute Gasteiger partial charge is 0.481 e. The van der Waals surface area contributed by atoms with Gasteiger partial charge in [0, 0.05) is 13.5 Å². The summed E-state index contributed by atoms with van der Waals surface area (Å²) in [6.07, 6.45) is -0.0166. The van der Waals surface area contributed by atoms with Gasteiger partial charge in [0.15, 0.2) is 5.82 Å². The summed E-state index contributed by atoms with van der Waals surface area (Å²) in [5.41, 5.74) is 0. The van der Waals surface area contributed by atoms with Crippen LogP contribution in [0, 0.1) is 0 Å². The van der Waals surface area contributed by atoms with Crippen LogP contribution in [0.3, 0.4) is 0 Å². The number of nitrogens with zero attached hydrogens (tertiary/aromatic N) is 3. The van der Waals surface area contributed by atoms with Crippen molar-refractivity contribution in [2.24, 2.45) is 0 Å². The molecular formula is C13H15N3O5S. The Morgan fingerprint density at radius 3 is 2.64 bits per heavy atom. The summed E-state index contributed by atoms with van der Waals surface area (Å²) in [4.78, 5) is 14.6. The number of carboxylic acid groups (broad SMARTS) is 1. The molecule has 118 valence electrons. The van der Waals surface area contributed by atoms with E-state index < -0.39 is 16.0 Å². The fourth-order valence-corrected chi connectivity index (χ4v) is 2.87. The van der Waals surface area contributed by atoms with E-state index in [0.717, 1.165) is 4.31 Å². The van der Waals surface area contributed by atoms with Gasteiger partial charge in [-0.25, -0.2) is 8.42 Å². The highest BCUT2D eigenvalue weighted by Crippen LogP contribution is 2.15.